The summed E-state index contributed by atoms with van der Waals surface area (Å²) in [6.07, 6.45) is 3.38. The van der Waals surface area contributed by atoms with Crippen molar-refractivity contribution in [3.05, 3.63) is 57.8 Å². The Morgan fingerprint density at radius 3 is 2.67 bits per heavy atom. The number of aryl methyl sites for hydroxylation is 2. The molecule has 1 amide bonds. The average molecular weight is 305 g/mol. The fourth-order valence-electron chi connectivity index (χ4n) is 1.61. The van der Waals surface area contributed by atoms with E-state index < -0.39 is 0 Å². The first kappa shape index (κ1) is 12.8. The number of halogens is 1. The van der Waals surface area contributed by atoms with E-state index in [2.05, 4.69) is 26.2 Å². The molecule has 0 spiro atoms. The number of carbonyl (C=O) groups is 1. The van der Waals surface area contributed by atoms with Crippen LogP contribution < -0.4 is 5.32 Å². The highest BCUT2D eigenvalue weighted by Gasteiger charge is 2.07. The van der Waals surface area contributed by atoms with E-state index in [0.29, 0.717) is 11.3 Å². The van der Waals surface area contributed by atoms with Crippen LogP contribution >= 0.6 is 15.9 Å². The van der Waals surface area contributed by atoms with Gasteiger partial charge in [-0.2, -0.15) is 0 Å². The predicted molar refractivity (Wildman–Crippen MR) is 75.8 cm³/mol. The molecule has 0 saturated carbocycles. The Kier molecular flexibility index (Phi) is 3.77. The number of nitrogens with zero attached hydrogens (tertiary/aromatic N) is 1. The molecule has 3 nitrogen and oxygen atoms in total. The fraction of sp³-hybridized carbons (Fsp3) is 0.143. The van der Waals surface area contributed by atoms with Crippen molar-refractivity contribution in [1.29, 1.82) is 0 Å². The number of hydrogen-bond donors (Lipinski definition) is 1. The van der Waals surface area contributed by atoms with Crippen LogP contribution in [0.5, 0.6) is 0 Å². The van der Waals surface area contributed by atoms with Gasteiger partial charge in [-0.25, -0.2) is 0 Å². The zero-order valence-electron chi connectivity index (χ0n) is 10.2. The number of hydrogen-bond acceptors (Lipinski definition) is 2. The van der Waals surface area contributed by atoms with E-state index in [1.165, 1.54) is 0 Å². The maximum atomic E-state index is 12.0. The van der Waals surface area contributed by atoms with Gasteiger partial charge in [-0.3, -0.25) is 9.78 Å². The molecule has 0 radical (unpaired) electrons. The number of pyridine rings is 1. The maximum absolute atomic E-state index is 12.0. The first-order valence-corrected chi connectivity index (χ1v) is 6.35. The van der Waals surface area contributed by atoms with Crippen LogP contribution in [0.1, 0.15) is 21.5 Å². The first-order valence-electron chi connectivity index (χ1n) is 5.55. The lowest BCUT2D eigenvalue weighted by atomic mass is 10.1. The highest BCUT2D eigenvalue weighted by Crippen LogP contribution is 2.18. The Morgan fingerprint density at radius 1 is 1.22 bits per heavy atom. The predicted octanol–water partition coefficient (Wildman–Crippen LogP) is 3.71. The number of aromatic nitrogens is 1. The fourth-order valence-corrected chi connectivity index (χ4v) is 1.86. The monoisotopic (exact) mass is 304 g/mol. The zero-order chi connectivity index (χ0) is 13.1. The molecule has 0 atom stereocenters. The maximum Gasteiger partial charge on any atom is 0.255 e. The lowest BCUT2D eigenvalue weighted by Crippen LogP contribution is -2.12. The minimum absolute atomic E-state index is 0.127. The van der Waals surface area contributed by atoms with Crippen LogP contribution in [0.25, 0.3) is 0 Å². The highest BCUT2D eigenvalue weighted by molar-refractivity contribution is 9.10. The van der Waals surface area contributed by atoms with E-state index in [9.17, 15) is 4.79 Å². The van der Waals surface area contributed by atoms with Crippen LogP contribution in [0.2, 0.25) is 0 Å². The Labute approximate surface area is 114 Å². The molecule has 0 aliphatic rings. The van der Waals surface area contributed by atoms with Crippen LogP contribution in [0.3, 0.4) is 0 Å². The van der Waals surface area contributed by atoms with E-state index in [1.807, 2.05) is 32.0 Å². The third-order valence-electron chi connectivity index (χ3n) is 2.55. The summed E-state index contributed by atoms with van der Waals surface area (Å²) in [5.74, 6) is -0.127. The van der Waals surface area contributed by atoms with E-state index >= 15 is 0 Å². The summed E-state index contributed by atoms with van der Waals surface area (Å²) in [7, 11) is 0. The molecule has 1 N–H and O–H groups in total. The molecule has 1 heterocycles. The minimum Gasteiger partial charge on any atom is -0.321 e. The molecule has 1 aromatic carbocycles. The van der Waals surface area contributed by atoms with E-state index in [4.69, 9.17) is 0 Å². The van der Waals surface area contributed by atoms with Crippen molar-refractivity contribution in [2.24, 2.45) is 0 Å². The number of benzene rings is 1. The average Bonchev–Trinajstić information content (AvgIpc) is 2.32. The van der Waals surface area contributed by atoms with Crippen LogP contribution in [0.4, 0.5) is 5.69 Å². The van der Waals surface area contributed by atoms with Gasteiger partial charge in [0, 0.05) is 16.2 Å². The summed E-state index contributed by atoms with van der Waals surface area (Å²) in [4.78, 5) is 16.1. The molecule has 0 unspecified atom stereocenters. The highest BCUT2D eigenvalue weighted by atomic mass is 79.9. The second-order valence-corrected chi connectivity index (χ2v) is 5.02. The number of amides is 1. The topological polar surface area (TPSA) is 42.0 Å². The van der Waals surface area contributed by atoms with Crippen molar-refractivity contribution >= 4 is 27.5 Å². The quantitative estimate of drug-likeness (QED) is 0.919. The summed E-state index contributed by atoms with van der Waals surface area (Å²) >= 11 is 3.41. The Balaban J connectivity index is 2.19. The lowest BCUT2D eigenvalue weighted by Gasteiger charge is -2.07. The summed E-state index contributed by atoms with van der Waals surface area (Å²) in [6, 6.07) is 7.40. The molecule has 0 bridgehead atoms. The Hall–Kier alpha value is -1.68. The molecule has 2 rings (SSSR count). The largest absolute Gasteiger partial charge is 0.321 e. The van der Waals surface area contributed by atoms with Gasteiger partial charge in [-0.15, -0.1) is 0 Å². The molecule has 92 valence electrons. The normalized spacial score (nSPS) is 10.2. The molecular formula is C14H13BrN2O. The number of anilines is 1. The third-order valence-corrected chi connectivity index (χ3v) is 3.44. The molecule has 2 aromatic rings. The summed E-state index contributed by atoms with van der Waals surface area (Å²) in [6.45, 7) is 3.89. The van der Waals surface area contributed by atoms with Crippen LogP contribution in [0.15, 0.2) is 41.1 Å². The van der Waals surface area contributed by atoms with Crippen LogP contribution in [-0.4, -0.2) is 10.9 Å². The van der Waals surface area contributed by atoms with Crippen molar-refractivity contribution in [3.8, 4) is 0 Å². The van der Waals surface area contributed by atoms with Gasteiger partial charge in [-0.1, -0.05) is 15.9 Å². The van der Waals surface area contributed by atoms with Gasteiger partial charge < -0.3 is 5.32 Å². The van der Waals surface area contributed by atoms with Crippen LogP contribution in [-0.2, 0) is 0 Å². The van der Waals surface area contributed by atoms with Crippen molar-refractivity contribution in [2.45, 2.75) is 13.8 Å². The van der Waals surface area contributed by atoms with Gasteiger partial charge in [0.25, 0.3) is 5.91 Å². The van der Waals surface area contributed by atoms with Crippen molar-refractivity contribution in [3.63, 3.8) is 0 Å². The molecule has 4 heteroatoms. The standard InChI is InChI=1S/C14H13BrN2O/c1-9-5-12(8-16-7-9)17-14(18)11-3-4-13(15)10(2)6-11/h3-8H,1-2H3,(H,17,18). The SMILES string of the molecule is Cc1cncc(NC(=O)c2ccc(Br)c(C)c2)c1. The first-order chi connectivity index (χ1) is 8.56. The van der Waals surface area contributed by atoms with Crippen molar-refractivity contribution in [1.82, 2.24) is 4.98 Å². The summed E-state index contributed by atoms with van der Waals surface area (Å²) in [5.41, 5.74) is 3.39. The van der Waals surface area contributed by atoms with E-state index in [1.54, 1.807) is 18.5 Å². The zero-order valence-corrected chi connectivity index (χ0v) is 11.8. The third kappa shape index (κ3) is 2.96. The molecule has 18 heavy (non-hydrogen) atoms. The second-order valence-electron chi connectivity index (χ2n) is 4.17. The lowest BCUT2D eigenvalue weighted by molar-refractivity contribution is 0.102. The van der Waals surface area contributed by atoms with Crippen LogP contribution in [0, 0.1) is 13.8 Å². The molecule has 0 aliphatic carbocycles. The second kappa shape index (κ2) is 5.31. The van der Waals surface area contributed by atoms with Gasteiger partial charge in [0.2, 0.25) is 0 Å². The summed E-state index contributed by atoms with van der Waals surface area (Å²) < 4.78 is 0.997. The molecule has 0 saturated heterocycles. The van der Waals surface area contributed by atoms with E-state index in [0.717, 1.165) is 15.6 Å². The number of carbonyl (C=O) groups excluding carboxylic acids is 1. The number of nitrogens with one attached hydrogen (secondary N) is 1. The van der Waals surface area contributed by atoms with Gasteiger partial charge in [0.1, 0.15) is 0 Å². The Morgan fingerprint density at radius 2 is 2.00 bits per heavy atom. The van der Waals surface area contributed by atoms with Crippen molar-refractivity contribution in [2.75, 3.05) is 5.32 Å². The van der Waals surface area contributed by atoms with Gasteiger partial charge >= 0.3 is 0 Å². The Bertz CT molecular complexity index is 596. The number of rotatable bonds is 2. The molecule has 1 aromatic heterocycles. The van der Waals surface area contributed by atoms with Gasteiger partial charge in [0.15, 0.2) is 0 Å². The van der Waals surface area contributed by atoms with E-state index in [-0.39, 0.29) is 5.91 Å². The van der Waals surface area contributed by atoms with Gasteiger partial charge in [0.05, 0.1) is 11.9 Å². The summed E-state index contributed by atoms with van der Waals surface area (Å²) in [5, 5.41) is 2.83. The molecule has 0 fully saturated rings. The molecule has 0 aliphatic heterocycles. The van der Waals surface area contributed by atoms with Crippen molar-refractivity contribution < 1.29 is 4.79 Å². The minimum atomic E-state index is -0.127. The smallest absolute Gasteiger partial charge is 0.255 e. The van der Waals surface area contributed by atoms with Gasteiger partial charge in [-0.05, 0) is 49.2 Å². The molecular weight excluding hydrogens is 292 g/mol.